The summed E-state index contributed by atoms with van der Waals surface area (Å²) < 4.78 is 10.5. The van der Waals surface area contributed by atoms with Crippen LogP contribution >= 0.6 is 0 Å². The highest BCUT2D eigenvalue weighted by atomic mass is 16.5. The molecule has 4 heteroatoms. The molecule has 1 heterocycles. The van der Waals surface area contributed by atoms with E-state index >= 15 is 0 Å². The maximum Gasteiger partial charge on any atom is 0.251 e. The number of rotatable bonds is 4. The predicted molar refractivity (Wildman–Crippen MR) is 68.6 cm³/mol. The fourth-order valence-electron chi connectivity index (χ4n) is 1.83. The van der Waals surface area contributed by atoms with Crippen molar-refractivity contribution in [3.8, 4) is 5.75 Å². The molecule has 1 aromatic carbocycles. The Balaban J connectivity index is 1.98. The molecule has 0 radical (unpaired) electrons. The van der Waals surface area contributed by atoms with E-state index in [2.05, 4.69) is 11.9 Å². The highest BCUT2D eigenvalue weighted by Crippen LogP contribution is 2.17. The summed E-state index contributed by atoms with van der Waals surface area (Å²) in [6, 6.07) is 7.00. The van der Waals surface area contributed by atoms with Gasteiger partial charge in [0.05, 0.1) is 19.3 Å². The van der Waals surface area contributed by atoms with Crippen molar-refractivity contribution in [1.82, 2.24) is 5.32 Å². The quantitative estimate of drug-likeness (QED) is 0.886. The van der Waals surface area contributed by atoms with Crippen molar-refractivity contribution in [2.75, 3.05) is 13.2 Å². The van der Waals surface area contributed by atoms with Gasteiger partial charge in [0.1, 0.15) is 11.5 Å². The molecule has 18 heavy (non-hydrogen) atoms. The zero-order valence-corrected chi connectivity index (χ0v) is 10.4. The number of ether oxygens (including phenoxy) is 2. The average Bonchev–Trinajstić information content (AvgIpc) is 2.76. The second-order valence-corrected chi connectivity index (χ2v) is 4.09. The van der Waals surface area contributed by atoms with Crippen LogP contribution in [0, 0.1) is 0 Å². The molecule has 4 nitrogen and oxygen atoms in total. The number of benzene rings is 1. The molecule has 1 aliphatic rings. The number of amides is 1. The van der Waals surface area contributed by atoms with Crippen LogP contribution in [0.4, 0.5) is 0 Å². The average molecular weight is 247 g/mol. The highest BCUT2D eigenvalue weighted by Gasteiger charge is 2.22. The van der Waals surface area contributed by atoms with Gasteiger partial charge in [0.15, 0.2) is 0 Å². The zero-order valence-electron chi connectivity index (χ0n) is 10.4. The summed E-state index contributed by atoms with van der Waals surface area (Å²) in [6.45, 7) is 6.92. The first-order valence-electron chi connectivity index (χ1n) is 6.06. The van der Waals surface area contributed by atoms with Crippen LogP contribution in [0.2, 0.25) is 0 Å². The van der Waals surface area contributed by atoms with E-state index in [4.69, 9.17) is 9.47 Å². The highest BCUT2D eigenvalue weighted by molar-refractivity contribution is 5.94. The molecule has 0 aromatic heterocycles. The topological polar surface area (TPSA) is 47.6 Å². The van der Waals surface area contributed by atoms with Gasteiger partial charge in [-0.15, -0.1) is 0 Å². The van der Waals surface area contributed by atoms with Gasteiger partial charge in [-0.05, 0) is 31.2 Å². The Kier molecular flexibility index (Phi) is 3.87. The number of hydrogen-bond acceptors (Lipinski definition) is 3. The van der Waals surface area contributed by atoms with Gasteiger partial charge in [0.2, 0.25) is 0 Å². The number of hydrogen-bond donors (Lipinski definition) is 1. The van der Waals surface area contributed by atoms with Crippen LogP contribution in [0.15, 0.2) is 36.6 Å². The first-order chi connectivity index (χ1) is 8.70. The lowest BCUT2D eigenvalue weighted by molar-refractivity contribution is 0.0941. The second-order valence-electron chi connectivity index (χ2n) is 4.09. The van der Waals surface area contributed by atoms with Crippen LogP contribution in [0.1, 0.15) is 23.7 Å². The molecule has 2 rings (SSSR count). The maximum absolute atomic E-state index is 12.0. The van der Waals surface area contributed by atoms with Crippen molar-refractivity contribution in [3.05, 3.63) is 42.2 Å². The second kappa shape index (κ2) is 5.58. The lowest BCUT2D eigenvalue weighted by Crippen LogP contribution is -2.33. The molecule has 1 atom stereocenters. The van der Waals surface area contributed by atoms with Gasteiger partial charge in [-0.1, -0.05) is 6.58 Å². The minimum Gasteiger partial charge on any atom is -0.496 e. The van der Waals surface area contributed by atoms with Crippen molar-refractivity contribution in [2.24, 2.45) is 0 Å². The first kappa shape index (κ1) is 12.5. The summed E-state index contributed by atoms with van der Waals surface area (Å²) in [5, 5.41) is 2.89. The van der Waals surface area contributed by atoms with E-state index in [1.54, 1.807) is 24.3 Å². The number of carbonyl (C=O) groups excluding carboxylic acids is 1. The fourth-order valence-corrected chi connectivity index (χ4v) is 1.83. The van der Waals surface area contributed by atoms with Crippen molar-refractivity contribution in [1.29, 1.82) is 0 Å². The van der Waals surface area contributed by atoms with Crippen molar-refractivity contribution < 1.29 is 14.3 Å². The summed E-state index contributed by atoms with van der Waals surface area (Å²) in [5.74, 6) is 1.28. The van der Waals surface area contributed by atoms with Gasteiger partial charge in [0.25, 0.3) is 5.91 Å². The Labute approximate surface area is 107 Å². The Bertz CT molecular complexity index is 439. The van der Waals surface area contributed by atoms with Gasteiger partial charge < -0.3 is 14.8 Å². The van der Waals surface area contributed by atoms with Gasteiger partial charge in [-0.25, -0.2) is 0 Å². The van der Waals surface area contributed by atoms with Crippen LogP contribution in [0.3, 0.4) is 0 Å². The maximum atomic E-state index is 12.0. The molecule has 0 aliphatic carbocycles. The van der Waals surface area contributed by atoms with Crippen LogP contribution in [-0.4, -0.2) is 25.2 Å². The minimum absolute atomic E-state index is 0.0796. The van der Waals surface area contributed by atoms with E-state index in [9.17, 15) is 4.79 Å². The summed E-state index contributed by atoms with van der Waals surface area (Å²) in [4.78, 5) is 12.0. The predicted octanol–water partition coefficient (Wildman–Crippen LogP) is 2.12. The van der Waals surface area contributed by atoms with E-state index in [-0.39, 0.29) is 11.9 Å². The van der Waals surface area contributed by atoms with Gasteiger partial charge in [-0.2, -0.15) is 0 Å². The van der Waals surface area contributed by atoms with Crippen molar-refractivity contribution in [3.63, 3.8) is 0 Å². The van der Waals surface area contributed by atoms with E-state index in [0.29, 0.717) is 24.5 Å². The van der Waals surface area contributed by atoms with Crippen LogP contribution in [0.5, 0.6) is 5.75 Å². The molecule has 1 aromatic rings. The molecular weight excluding hydrogens is 230 g/mol. The zero-order chi connectivity index (χ0) is 13.0. The Hall–Kier alpha value is -1.97. The van der Waals surface area contributed by atoms with E-state index in [1.165, 1.54) is 0 Å². The number of carbonyl (C=O) groups is 1. The molecule has 0 saturated carbocycles. The molecule has 1 fully saturated rings. The third kappa shape index (κ3) is 2.83. The first-order valence-corrected chi connectivity index (χ1v) is 6.06. The van der Waals surface area contributed by atoms with Crippen LogP contribution in [-0.2, 0) is 4.74 Å². The smallest absolute Gasteiger partial charge is 0.251 e. The van der Waals surface area contributed by atoms with E-state index < -0.39 is 0 Å². The Morgan fingerprint density at radius 3 is 2.78 bits per heavy atom. The third-order valence-corrected chi connectivity index (χ3v) is 2.82. The summed E-state index contributed by atoms with van der Waals surface area (Å²) in [6.07, 6.45) is 0.779. The standard InChI is InChI=1S/C14H17NO3/c1-3-17-12-6-4-11(5-7-12)14(16)15-13-8-9-18-10(13)2/h4-7,13H,2-3,8-9H2,1H3,(H,15,16)/t13-/m1/s1. The minimum atomic E-state index is -0.116. The molecule has 1 saturated heterocycles. The van der Waals surface area contributed by atoms with E-state index in [1.807, 2.05) is 6.92 Å². The van der Waals surface area contributed by atoms with Crippen molar-refractivity contribution in [2.45, 2.75) is 19.4 Å². The third-order valence-electron chi connectivity index (χ3n) is 2.82. The van der Waals surface area contributed by atoms with Gasteiger partial charge >= 0.3 is 0 Å². The van der Waals surface area contributed by atoms with Crippen molar-refractivity contribution >= 4 is 5.91 Å². The van der Waals surface area contributed by atoms with Crippen LogP contribution < -0.4 is 10.1 Å². The lowest BCUT2D eigenvalue weighted by atomic mass is 10.1. The lowest BCUT2D eigenvalue weighted by Gasteiger charge is -2.12. The molecule has 96 valence electrons. The normalized spacial score (nSPS) is 18.3. The van der Waals surface area contributed by atoms with Crippen LogP contribution in [0.25, 0.3) is 0 Å². The summed E-state index contributed by atoms with van der Waals surface area (Å²) in [7, 11) is 0. The van der Waals surface area contributed by atoms with Gasteiger partial charge in [0, 0.05) is 12.0 Å². The SMILES string of the molecule is C=C1OCC[C@H]1NC(=O)c1ccc(OCC)cc1. The summed E-state index contributed by atoms with van der Waals surface area (Å²) >= 11 is 0. The van der Waals surface area contributed by atoms with E-state index in [0.717, 1.165) is 12.2 Å². The molecule has 0 spiro atoms. The Morgan fingerprint density at radius 2 is 2.22 bits per heavy atom. The largest absolute Gasteiger partial charge is 0.496 e. The van der Waals surface area contributed by atoms with Gasteiger partial charge in [-0.3, -0.25) is 4.79 Å². The molecule has 0 bridgehead atoms. The Morgan fingerprint density at radius 1 is 1.50 bits per heavy atom. The fraction of sp³-hybridized carbons (Fsp3) is 0.357. The molecule has 1 aliphatic heterocycles. The molecule has 1 N–H and O–H groups in total. The molecule has 1 amide bonds. The summed E-state index contributed by atoms with van der Waals surface area (Å²) in [5.41, 5.74) is 0.609. The number of nitrogens with one attached hydrogen (secondary N) is 1. The monoisotopic (exact) mass is 247 g/mol. The molecule has 0 unspecified atom stereocenters. The molecular formula is C14H17NO3.